The fraction of sp³-hybridized carbons (Fsp3) is 0.118. The fourth-order valence-electron chi connectivity index (χ4n) is 2.68. The highest BCUT2D eigenvalue weighted by Crippen LogP contribution is 2.23. The van der Waals surface area contributed by atoms with Crippen LogP contribution in [0.4, 0.5) is 4.39 Å². The minimum absolute atomic E-state index is 0.000986. The topological polar surface area (TPSA) is 63.1 Å². The van der Waals surface area contributed by atoms with E-state index in [9.17, 15) is 14.0 Å². The minimum atomic E-state index is -0.532. The van der Waals surface area contributed by atoms with Crippen molar-refractivity contribution in [3.05, 3.63) is 58.7 Å². The van der Waals surface area contributed by atoms with Crippen LogP contribution in [0.2, 0.25) is 0 Å². The first-order valence-corrected chi connectivity index (χ1v) is 7.61. The molecule has 5 nitrogen and oxygen atoms in total. The zero-order chi connectivity index (χ0) is 17.4. The number of carbonyl (C=O) groups is 2. The molecule has 0 spiro atoms. The van der Waals surface area contributed by atoms with E-state index in [4.69, 9.17) is 12.2 Å². The smallest absolute Gasteiger partial charge is 0.263 e. The van der Waals surface area contributed by atoms with Gasteiger partial charge in [-0.15, -0.1) is 0 Å². The van der Waals surface area contributed by atoms with Gasteiger partial charge in [0, 0.05) is 17.1 Å². The van der Waals surface area contributed by atoms with E-state index >= 15 is 0 Å². The van der Waals surface area contributed by atoms with Gasteiger partial charge in [0.15, 0.2) is 5.11 Å². The fourth-order valence-corrected chi connectivity index (χ4v) is 2.87. The first-order chi connectivity index (χ1) is 11.4. The van der Waals surface area contributed by atoms with Gasteiger partial charge >= 0.3 is 0 Å². The Kier molecular flexibility index (Phi) is 4.02. The Balaban J connectivity index is 2.05. The SMILES string of the molecule is Cc1cc(C=C2C(=O)NC(=S)NC2=O)c(C)n1-c1ccc(F)cc1. The summed E-state index contributed by atoms with van der Waals surface area (Å²) in [5.74, 6) is -1.37. The summed E-state index contributed by atoms with van der Waals surface area (Å²) in [5.41, 5.74) is 3.25. The van der Waals surface area contributed by atoms with Gasteiger partial charge in [0.05, 0.1) is 0 Å². The summed E-state index contributed by atoms with van der Waals surface area (Å²) in [6.07, 6.45) is 1.52. The lowest BCUT2D eigenvalue weighted by atomic mass is 10.1. The Morgan fingerprint density at radius 2 is 1.67 bits per heavy atom. The summed E-state index contributed by atoms with van der Waals surface area (Å²) < 4.78 is 15.0. The molecule has 0 atom stereocenters. The number of halogens is 1. The van der Waals surface area contributed by atoms with Crippen LogP contribution in [-0.4, -0.2) is 21.5 Å². The molecular formula is C17H14FN3O2S. The van der Waals surface area contributed by atoms with E-state index in [1.807, 2.05) is 24.5 Å². The zero-order valence-electron chi connectivity index (χ0n) is 13.0. The maximum absolute atomic E-state index is 13.1. The molecule has 0 bridgehead atoms. The highest BCUT2D eigenvalue weighted by Gasteiger charge is 2.26. The number of amides is 2. The van der Waals surface area contributed by atoms with Gasteiger partial charge in [0.25, 0.3) is 11.8 Å². The third kappa shape index (κ3) is 2.85. The summed E-state index contributed by atoms with van der Waals surface area (Å²) in [4.78, 5) is 23.9. The highest BCUT2D eigenvalue weighted by molar-refractivity contribution is 7.80. The zero-order valence-corrected chi connectivity index (χ0v) is 13.8. The Hall–Kier alpha value is -2.80. The molecule has 2 aromatic rings. The third-order valence-electron chi connectivity index (χ3n) is 3.80. The van der Waals surface area contributed by atoms with E-state index in [0.717, 1.165) is 22.6 Å². The molecule has 2 heterocycles. The van der Waals surface area contributed by atoms with Gasteiger partial charge in [-0.3, -0.25) is 20.2 Å². The molecule has 2 amide bonds. The summed E-state index contributed by atoms with van der Waals surface area (Å²) in [6, 6.07) is 7.97. The number of carbonyl (C=O) groups excluding carboxylic acids is 2. The lowest BCUT2D eigenvalue weighted by Crippen LogP contribution is -2.51. The predicted molar refractivity (Wildman–Crippen MR) is 92.1 cm³/mol. The molecule has 1 saturated heterocycles. The van der Waals surface area contributed by atoms with E-state index in [1.54, 1.807) is 12.1 Å². The second kappa shape index (κ2) is 6.01. The van der Waals surface area contributed by atoms with E-state index in [-0.39, 0.29) is 16.5 Å². The van der Waals surface area contributed by atoms with Crippen LogP contribution in [0.25, 0.3) is 11.8 Å². The van der Waals surface area contributed by atoms with Gasteiger partial charge in [-0.2, -0.15) is 0 Å². The number of benzene rings is 1. The summed E-state index contributed by atoms with van der Waals surface area (Å²) in [5, 5.41) is 4.80. The largest absolute Gasteiger partial charge is 0.318 e. The van der Waals surface area contributed by atoms with Crippen molar-refractivity contribution in [3.63, 3.8) is 0 Å². The van der Waals surface area contributed by atoms with Crippen LogP contribution in [0.3, 0.4) is 0 Å². The number of hydrogen-bond acceptors (Lipinski definition) is 3. The average molecular weight is 343 g/mol. The molecular weight excluding hydrogens is 329 g/mol. The van der Waals surface area contributed by atoms with Crippen LogP contribution < -0.4 is 10.6 Å². The number of aromatic nitrogens is 1. The lowest BCUT2D eigenvalue weighted by molar-refractivity contribution is -0.123. The standard InChI is InChI=1S/C17H14FN3O2S/c1-9-7-11(8-14-15(22)19-17(24)20-16(14)23)10(2)21(9)13-5-3-12(18)4-6-13/h3-8H,1-2H3,(H2,19,20,22,23,24). The van der Waals surface area contributed by atoms with Gasteiger partial charge in [-0.05, 0) is 68.0 Å². The van der Waals surface area contributed by atoms with E-state index < -0.39 is 11.8 Å². The number of thiocarbonyl (C=S) groups is 1. The third-order valence-corrected chi connectivity index (χ3v) is 4.00. The van der Waals surface area contributed by atoms with Gasteiger partial charge in [0.1, 0.15) is 11.4 Å². The molecule has 0 radical (unpaired) electrons. The highest BCUT2D eigenvalue weighted by atomic mass is 32.1. The molecule has 3 rings (SSSR count). The first kappa shape index (κ1) is 16.1. The van der Waals surface area contributed by atoms with Crippen LogP contribution in [0, 0.1) is 19.7 Å². The van der Waals surface area contributed by atoms with E-state index in [2.05, 4.69) is 10.6 Å². The molecule has 1 fully saturated rings. The molecule has 0 saturated carbocycles. The van der Waals surface area contributed by atoms with E-state index in [0.29, 0.717) is 0 Å². The molecule has 24 heavy (non-hydrogen) atoms. The monoisotopic (exact) mass is 343 g/mol. The molecule has 0 unspecified atom stereocenters. The summed E-state index contributed by atoms with van der Waals surface area (Å²) in [7, 11) is 0. The second-order valence-electron chi connectivity index (χ2n) is 5.43. The molecule has 1 aliphatic heterocycles. The first-order valence-electron chi connectivity index (χ1n) is 7.20. The number of rotatable bonds is 2. The van der Waals surface area contributed by atoms with Crippen molar-refractivity contribution in [2.45, 2.75) is 13.8 Å². The maximum Gasteiger partial charge on any atom is 0.263 e. The van der Waals surface area contributed by atoms with E-state index in [1.165, 1.54) is 18.2 Å². The van der Waals surface area contributed by atoms with Crippen LogP contribution in [0.5, 0.6) is 0 Å². The quantitative estimate of drug-likeness (QED) is 0.499. The van der Waals surface area contributed by atoms with Gasteiger partial charge in [-0.1, -0.05) is 0 Å². The van der Waals surface area contributed by atoms with Crippen molar-refractivity contribution >= 4 is 35.2 Å². The van der Waals surface area contributed by atoms with Crippen molar-refractivity contribution in [1.82, 2.24) is 15.2 Å². The number of aryl methyl sites for hydroxylation is 1. The molecule has 122 valence electrons. The predicted octanol–water partition coefficient (Wildman–Crippen LogP) is 2.15. The van der Waals surface area contributed by atoms with Crippen LogP contribution in [0.15, 0.2) is 35.9 Å². The second-order valence-corrected chi connectivity index (χ2v) is 5.84. The Bertz CT molecular complexity index is 875. The van der Waals surface area contributed by atoms with Gasteiger partial charge in [-0.25, -0.2) is 4.39 Å². The van der Waals surface area contributed by atoms with Crippen molar-refractivity contribution < 1.29 is 14.0 Å². The van der Waals surface area contributed by atoms with Crippen molar-refractivity contribution in [1.29, 1.82) is 0 Å². The number of nitrogens with zero attached hydrogens (tertiary/aromatic N) is 1. The molecule has 1 aromatic carbocycles. The van der Waals surface area contributed by atoms with Gasteiger partial charge in [0.2, 0.25) is 0 Å². The number of hydrogen-bond donors (Lipinski definition) is 2. The molecule has 1 aromatic heterocycles. The Morgan fingerprint density at radius 1 is 1.08 bits per heavy atom. The summed E-state index contributed by atoms with van der Waals surface area (Å²) >= 11 is 4.78. The van der Waals surface area contributed by atoms with Crippen molar-refractivity contribution in [2.24, 2.45) is 0 Å². The Morgan fingerprint density at radius 3 is 2.25 bits per heavy atom. The molecule has 1 aliphatic rings. The Labute approximate surface area is 143 Å². The van der Waals surface area contributed by atoms with Crippen LogP contribution >= 0.6 is 12.2 Å². The van der Waals surface area contributed by atoms with Crippen molar-refractivity contribution in [3.8, 4) is 5.69 Å². The van der Waals surface area contributed by atoms with Crippen LogP contribution in [-0.2, 0) is 9.59 Å². The average Bonchev–Trinajstić information content (AvgIpc) is 2.78. The summed E-state index contributed by atoms with van der Waals surface area (Å²) in [6.45, 7) is 3.76. The lowest BCUT2D eigenvalue weighted by Gasteiger charge is -2.16. The molecule has 7 heteroatoms. The van der Waals surface area contributed by atoms with Gasteiger partial charge < -0.3 is 4.57 Å². The van der Waals surface area contributed by atoms with Crippen molar-refractivity contribution in [2.75, 3.05) is 0 Å². The normalized spacial score (nSPS) is 14.5. The minimum Gasteiger partial charge on any atom is -0.318 e. The maximum atomic E-state index is 13.1. The van der Waals surface area contributed by atoms with Crippen LogP contribution in [0.1, 0.15) is 17.0 Å². The molecule has 2 N–H and O–H groups in total. The molecule has 0 aliphatic carbocycles. The number of nitrogens with one attached hydrogen (secondary N) is 2.